The van der Waals surface area contributed by atoms with Gasteiger partial charge in [-0.05, 0) is 5.56 Å². The number of likely N-dealkylation sites (N-methyl/N-ethyl adjacent to an activating group) is 1. The first kappa shape index (κ1) is 13.1. The molecule has 0 aliphatic rings. The Balaban J connectivity index is 2.63. The summed E-state index contributed by atoms with van der Waals surface area (Å²) in [7, 11) is 1.60. The third kappa shape index (κ3) is 3.84. The molecule has 0 spiro atoms. The van der Waals surface area contributed by atoms with E-state index in [4.69, 9.17) is 5.11 Å². The summed E-state index contributed by atoms with van der Waals surface area (Å²) in [5, 5.41) is 19.1. The van der Waals surface area contributed by atoms with E-state index < -0.39 is 4.92 Å². The number of nitro groups is 1. The van der Waals surface area contributed by atoms with Crippen molar-refractivity contribution in [2.45, 2.75) is 6.42 Å². The second kappa shape index (κ2) is 5.95. The van der Waals surface area contributed by atoms with E-state index in [9.17, 15) is 14.9 Å². The SMILES string of the molecule is CN(CCO)C(=O)Cc1ccc([N+](=O)[O-])cc1. The van der Waals surface area contributed by atoms with Gasteiger partial charge in [0.25, 0.3) is 5.69 Å². The number of nitro benzene ring substituents is 1. The summed E-state index contributed by atoms with van der Waals surface area (Å²) in [4.78, 5) is 23.0. The smallest absolute Gasteiger partial charge is 0.269 e. The minimum atomic E-state index is -0.483. The standard InChI is InChI=1S/C11H14N2O4/c1-12(6-7-14)11(15)8-9-2-4-10(5-3-9)13(16)17/h2-5,14H,6-8H2,1H3. The van der Waals surface area contributed by atoms with Crippen LogP contribution in [0.4, 0.5) is 5.69 Å². The number of carbonyl (C=O) groups excluding carboxylic acids is 1. The van der Waals surface area contributed by atoms with E-state index in [0.29, 0.717) is 5.56 Å². The van der Waals surface area contributed by atoms with Crippen molar-refractivity contribution in [1.82, 2.24) is 4.90 Å². The quantitative estimate of drug-likeness (QED) is 0.601. The Hall–Kier alpha value is -1.95. The van der Waals surface area contributed by atoms with Crippen molar-refractivity contribution in [2.24, 2.45) is 0 Å². The van der Waals surface area contributed by atoms with E-state index in [0.717, 1.165) is 0 Å². The maximum Gasteiger partial charge on any atom is 0.269 e. The molecule has 1 aromatic rings. The molecule has 0 aromatic heterocycles. The van der Waals surface area contributed by atoms with Gasteiger partial charge < -0.3 is 10.0 Å². The van der Waals surface area contributed by atoms with Gasteiger partial charge in [0.1, 0.15) is 0 Å². The van der Waals surface area contributed by atoms with Gasteiger partial charge in [0.05, 0.1) is 18.0 Å². The second-order valence-corrected chi connectivity index (χ2v) is 3.64. The fourth-order valence-electron chi connectivity index (χ4n) is 1.32. The lowest BCUT2D eigenvalue weighted by molar-refractivity contribution is -0.384. The van der Waals surface area contributed by atoms with E-state index in [-0.39, 0.29) is 31.2 Å². The van der Waals surface area contributed by atoms with Gasteiger partial charge in [-0.1, -0.05) is 12.1 Å². The Morgan fingerprint density at radius 1 is 1.41 bits per heavy atom. The maximum atomic E-state index is 11.6. The maximum absolute atomic E-state index is 11.6. The molecule has 0 unspecified atom stereocenters. The molecule has 6 heteroatoms. The minimum Gasteiger partial charge on any atom is -0.395 e. The van der Waals surface area contributed by atoms with E-state index in [2.05, 4.69) is 0 Å². The minimum absolute atomic E-state index is 0.00455. The average molecular weight is 238 g/mol. The number of nitrogens with zero attached hydrogens (tertiary/aromatic N) is 2. The Morgan fingerprint density at radius 3 is 2.47 bits per heavy atom. The Kier molecular flexibility index (Phi) is 4.59. The molecule has 0 bridgehead atoms. The van der Waals surface area contributed by atoms with Gasteiger partial charge in [-0.15, -0.1) is 0 Å². The fraction of sp³-hybridized carbons (Fsp3) is 0.364. The molecule has 0 aliphatic heterocycles. The van der Waals surface area contributed by atoms with E-state index >= 15 is 0 Å². The van der Waals surface area contributed by atoms with Crippen LogP contribution in [0.5, 0.6) is 0 Å². The zero-order chi connectivity index (χ0) is 12.8. The van der Waals surface area contributed by atoms with Crippen LogP contribution in [0.2, 0.25) is 0 Å². The molecule has 0 fully saturated rings. The monoisotopic (exact) mass is 238 g/mol. The second-order valence-electron chi connectivity index (χ2n) is 3.64. The largest absolute Gasteiger partial charge is 0.395 e. The van der Waals surface area contributed by atoms with Gasteiger partial charge >= 0.3 is 0 Å². The Bertz CT molecular complexity index is 402. The number of rotatable bonds is 5. The predicted octanol–water partition coefficient (Wildman–Crippen LogP) is 0.588. The highest BCUT2D eigenvalue weighted by Crippen LogP contribution is 2.12. The molecule has 1 aromatic carbocycles. The third-order valence-corrected chi connectivity index (χ3v) is 2.36. The van der Waals surface area contributed by atoms with Crippen molar-refractivity contribution in [1.29, 1.82) is 0 Å². The summed E-state index contributed by atoms with van der Waals surface area (Å²) < 4.78 is 0. The molecule has 1 rings (SSSR count). The number of hydrogen-bond acceptors (Lipinski definition) is 4. The zero-order valence-electron chi connectivity index (χ0n) is 9.50. The van der Waals surface area contributed by atoms with Crippen LogP contribution >= 0.6 is 0 Å². The summed E-state index contributed by atoms with van der Waals surface area (Å²) >= 11 is 0. The normalized spacial score (nSPS) is 10.0. The Labute approximate surface area is 98.6 Å². The number of benzene rings is 1. The number of carbonyl (C=O) groups is 1. The van der Waals surface area contributed by atoms with Crippen LogP contribution in [0.15, 0.2) is 24.3 Å². The number of amides is 1. The topological polar surface area (TPSA) is 83.7 Å². The van der Waals surface area contributed by atoms with Gasteiger partial charge in [-0.3, -0.25) is 14.9 Å². The van der Waals surface area contributed by atoms with Crippen LogP contribution in [0, 0.1) is 10.1 Å². The predicted molar refractivity (Wildman–Crippen MR) is 61.5 cm³/mol. The first-order valence-electron chi connectivity index (χ1n) is 5.12. The van der Waals surface area contributed by atoms with Gasteiger partial charge in [0.15, 0.2) is 0 Å². The average Bonchev–Trinajstić information content (AvgIpc) is 2.30. The molecule has 92 valence electrons. The molecule has 0 aliphatic carbocycles. The number of hydrogen-bond donors (Lipinski definition) is 1. The van der Waals surface area contributed by atoms with Crippen molar-refractivity contribution in [3.8, 4) is 0 Å². The molecule has 0 atom stereocenters. The van der Waals surface area contributed by atoms with Crippen LogP contribution in [-0.4, -0.2) is 41.0 Å². The molecule has 6 nitrogen and oxygen atoms in total. The molecule has 1 N–H and O–H groups in total. The van der Waals surface area contributed by atoms with Gasteiger partial charge in [0, 0.05) is 25.7 Å². The van der Waals surface area contributed by atoms with Gasteiger partial charge in [-0.25, -0.2) is 0 Å². The van der Waals surface area contributed by atoms with Crippen molar-refractivity contribution in [3.05, 3.63) is 39.9 Å². The Morgan fingerprint density at radius 2 is 2.00 bits per heavy atom. The first-order valence-corrected chi connectivity index (χ1v) is 5.12. The summed E-state index contributed by atoms with van der Waals surface area (Å²) in [5.41, 5.74) is 0.718. The van der Waals surface area contributed by atoms with Gasteiger partial charge in [0.2, 0.25) is 5.91 Å². The summed E-state index contributed by atoms with van der Waals surface area (Å²) in [6.07, 6.45) is 0.175. The molecule has 0 saturated heterocycles. The lowest BCUT2D eigenvalue weighted by Crippen LogP contribution is -2.30. The molecule has 0 radical (unpaired) electrons. The molecule has 17 heavy (non-hydrogen) atoms. The van der Waals surface area contributed by atoms with Crippen LogP contribution < -0.4 is 0 Å². The zero-order valence-corrected chi connectivity index (χ0v) is 9.50. The molecule has 1 amide bonds. The fourth-order valence-corrected chi connectivity index (χ4v) is 1.32. The van der Waals surface area contributed by atoms with E-state index in [1.807, 2.05) is 0 Å². The van der Waals surface area contributed by atoms with Gasteiger partial charge in [-0.2, -0.15) is 0 Å². The molecular formula is C11H14N2O4. The van der Waals surface area contributed by atoms with Crippen LogP contribution in [-0.2, 0) is 11.2 Å². The summed E-state index contributed by atoms with van der Waals surface area (Å²) in [6, 6.07) is 5.86. The van der Waals surface area contributed by atoms with Crippen LogP contribution in [0.1, 0.15) is 5.56 Å². The van der Waals surface area contributed by atoms with E-state index in [1.165, 1.54) is 17.0 Å². The number of non-ortho nitro benzene ring substituents is 1. The van der Waals surface area contributed by atoms with Crippen molar-refractivity contribution >= 4 is 11.6 Å². The van der Waals surface area contributed by atoms with Crippen molar-refractivity contribution < 1.29 is 14.8 Å². The molecule has 0 heterocycles. The van der Waals surface area contributed by atoms with E-state index in [1.54, 1.807) is 19.2 Å². The molecular weight excluding hydrogens is 224 g/mol. The van der Waals surface area contributed by atoms with Crippen LogP contribution in [0.25, 0.3) is 0 Å². The third-order valence-electron chi connectivity index (χ3n) is 2.36. The highest BCUT2D eigenvalue weighted by molar-refractivity contribution is 5.78. The number of aliphatic hydroxyl groups is 1. The summed E-state index contributed by atoms with van der Waals surface area (Å²) in [5.74, 6) is -0.132. The van der Waals surface area contributed by atoms with Crippen molar-refractivity contribution in [2.75, 3.05) is 20.2 Å². The van der Waals surface area contributed by atoms with Crippen LogP contribution in [0.3, 0.4) is 0 Å². The lowest BCUT2D eigenvalue weighted by Gasteiger charge is -2.15. The summed E-state index contributed by atoms with van der Waals surface area (Å²) in [6.45, 7) is 0.203. The first-order chi connectivity index (χ1) is 8.04. The lowest BCUT2D eigenvalue weighted by atomic mass is 10.1. The number of aliphatic hydroxyl groups excluding tert-OH is 1. The molecule has 0 saturated carbocycles. The van der Waals surface area contributed by atoms with Crippen molar-refractivity contribution in [3.63, 3.8) is 0 Å². The highest BCUT2D eigenvalue weighted by atomic mass is 16.6. The highest BCUT2D eigenvalue weighted by Gasteiger charge is 2.10.